The van der Waals surface area contributed by atoms with Crippen LogP contribution >= 0.6 is 0 Å². The summed E-state index contributed by atoms with van der Waals surface area (Å²) < 4.78 is 32.4. The Morgan fingerprint density at radius 2 is 2.07 bits per heavy atom. The number of nitrogens with zero attached hydrogens (tertiary/aromatic N) is 1. The van der Waals surface area contributed by atoms with Crippen LogP contribution in [0.1, 0.15) is 13.3 Å². The van der Waals surface area contributed by atoms with E-state index < -0.39 is 16.3 Å². The lowest BCUT2D eigenvalue weighted by Gasteiger charge is -2.27. The molecule has 1 heterocycles. The van der Waals surface area contributed by atoms with Gasteiger partial charge in [-0.3, -0.25) is 0 Å². The molecule has 1 saturated heterocycles. The van der Waals surface area contributed by atoms with Crippen molar-refractivity contribution in [2.24, 2.45) is 0 Å². The van der Waals surface area contributed by atoms with Gasteiger partial charge >= 0.3 is 0 Å². The average molecular weight is 238 g/mol. The Labute approximate surface area is 90.4 Å². The molecule has 0 aromatic carbocycles. The molecule has 1 rings (SSSR count). The number of hydrogen-bond acceptors (Lipinski definition) is 4. The van der Waals surface area contributed by atoms with E-state index in [0.29, 0.717) is 32.7 Å². The second-order valence-corrected chi connectivity index (χ2v) is 5.12. The molecule has 0 aliphatic carbocycles. The maximum absolute atomic E-state index is 11.8. The molecule has 0 aromatic heterocycles. The van der Waals surface area contributed by atoms with E-state index in [1.165, 1.54) is 4.31 Å². The summed E-state index contributed by atoms with van der Waals surface area (Å²) in [5.41, 5.74) is 0. The normalized spacial score (nSPS) is 21.5. The topological polar surface area (TPSA) is 78.9 Å². The van der Waals surface area contributed by atoms with Crippen molar-refractivity contribution in [1.82, 2.24) is 9.03 Å². The molecule has 15 heavy (non-hydrogen) atoms. The van der Waals surface area contributed by atoms with Gasteiger partial charge in [0.1, 0.15) is 0 Å². The molecule has 1 fully saturated rings. The highest BCUT2D eigenvalue weighted by atomic mass is 32.2. The van der Waals surface area contributed by atoms with E-state index in [2.05, 4.69) is 4.72 Å². The number of morpholine rings is 1. The van der Waals surface area contributed by atoms with Gasteiger partial charge in [-0.25, -0.2) is 0 Å². The van der Waals surface area contributed by atoms with Crippen LogP contribution in [-0.4, -0.2) is 56.8 Å². The first kappa shape index (κ1) is 12.9. The van der Waals surface area contributed by atoms with Crippen molar-refractivity contribution in [3.05, 3.63) is 0 Å². The number of rotatable bonds is 5. The fourth-order valence-corrected chi connectivity index (χ4v) is 2.76. The van der Waals surface area contributed by atoms with Gasteiger partial charge in [-0.2, -0.15) is 17.4 Å². The predicted molar refractivity (Wildman–Crippen MR) is 55.6 cm³/mol. The van der Waals surface area contributed by atoms with Crippen LogP contribution in [0.2, 0.25) is 0 Å². The summed E-state index contributed by atoms with van der Waals surface area (Å²) in [6.45, 7) is 3.24. The largest absolute Gasteiger partial charge is 0.395 e. The van der Waals surface area contributed by atoms with E-state index in [-0.39, 0.29) is 6.61 Å². The highest BCUT2D eigenvalue weighted by Crippen LogP contribution is 2.04. The molecule has 1 aliphatic heterocycles. The lowest BCUT2D eigenvalue weighted by molar-refractivity contribution is 0.0721. The zero-order valence-electron chi connectivity index (χ0n) is 8.85. The third-order valence-electron chi connectivity index (χ3n) is 2.34. The van der Waals surface area contributed by atoms with Gasteiger partial charge in [-0.1, -0.05) is 6.92 Å². The number of aliphatic hydroxyl groups excluding tert-OH is 1. The Kier molecular flexibility index (Phi) is 4.94. The summed E-state index contributed by atoms with van der Waals surface area (Å²) in [5.74, 6) is 0. The molecule has 0 spiro atoms. The molecule has 7 heteroatoms. The van der Waals surface area contributed by atoms with E-state index in [0.717, 1.165) is 0 Å². The molecule has 0 radical (unpaired) electrons. The standard InChI is InChI=1S/C8H18N2O4S/c1-2-8(7-11)9-15(12,13)10-3-5-14-6-4-10/h8-9,11H,2-7H2,1H3. The summed E-state index contributed by atoms with van der Waals surface area (Å²) in [5, 5.41) is 8.92. The van der Waals surface area contributed by atoms with Gasteiger partial charge in [-0.05, 0) is 6.42 Å². The molecule has 2 N–H and O–H groups in total. The van der Waals surface area contributed by atoms with Crippen LogP contribution in [0.3, 0.4) is 0 Å². The molecular weight excluding hydrogens is 220 g/mol. The van der Waals surface area contributed by atoms with Crippen LogP contribution in [0.5, 0.6) is 0 Å². The molecular formula is C8H18N2O4S. The van der Waals surface area contributed by atoms with Crippen molar-refractivity contribution in [1.29, 1.82) is 0 Å². The Morgan fingerprint density at radius 3 is 2.53 bits per heavy atom. The van der Waals surface area contributed by atoms with Crippen molar-refractivity contribution in [2.45, 2.75) is 19.4 Å². The van der Waals surface area contributed by atoms with Crippen molar-refractivity contribution >= 4 is 10.2 Å². The van der Waals surface area contributed by atoms with Gasteiger partial charge in [0.25, 0.3) is 10.2 Å². The van der Waals surface area contributed by atoms with E-state index in [1.807, 2.05) is 6.92 Å². The summed E-state index contributed by atoms with van der Waals surface area (Å²) >= 11 is 0. The van der Waals surface area contributed by atoms with Crippen molar-refractivity contribution in [3.8, 4) is 0 Å². The zero-order valence-corrected chi connectivity index (χ0v) is 9.66. The Balaban J connectivity index is 2.56. The lowest BCUT2D eigenvalue weighted by atomic mass is 10.3. The minimum atomic E-state index is -3.46. The molecule has 0 amide bonds. The van der Waals surface area contributed by atoms with E-state index in [4.69, 9.17) is 9.84 Å². The van der Waals surface area contributed by atoms with E-state index in [1.54, 1.807) is 0 Å². The first-order valence-corrected chi connectivity index (χ1v) is 6.50. The SMILES string of the molecule is CCC(CO)NS(=O)(=O)N1CCOCC1. The molecule has 6 nitrogen and oxygen atoms in total. The third-order valence-corrected chi connectivity index (χ3v) is 4.01. The summed E-state index contributed by atoms with van der Waals surface area (Å²) in [6.07, 6.45) is 0.570. The smallest absolute Gasteiger partial charge is 0.279 e. The highest BCUT2D eigenvalue weighted by Gasteiger charge is 2.25. The number of ether oxygens (including phenoxy) is 1. The summed E-state index contributed by atoms with van der Waals surface area (Å²) in [7, 11) is -3.46. The Morgan fingerprint density at radius 1 is 1.47 bits per heavy atom. The monoisotopic (exact) mass is 238 g/mol. The van der Waals surface area contributed by atoms with Crippen LogP contribution in [0.15, 0.2) is 0 Å². The van der Waals surface area contributed by atoms with Crippen LogP contribution in [-0.2, 0) is 14.9 Å². The average Bonchev–Trinajstić information content (AvgIpc) is 2.27. The van der Waals surface area contributed by atoms with Gasteiger partial charge in [0, 0.05) is 19.1 Å². The van der Waals surface area contributed by atoms with Crippen molar-refractivity contribution < 1.29 is 18.3 Å². The van der Waals surface area contributed by atoms with Gasteiger partial charge in [-0.15, -0.1) is 0 Å². The maximum Gasteiger partial charge on any atom is 0.279 e. The number of aliphatic hydroxyl groups is 1. The summed E-state index contributed by atoms with van der Waals surface area (Å²) in [6, 6.07) is -0.405. The van der Waals surface area contributed by atoms with E-state index >= 15 is 0 Å². The minimum Gasteiger partial charge on any atom is -0.395 e. The molecule has 0 saturated carbocycles. The fraction of sp³-hybridized carbons (Fsp3) is 1.00. The molecule has 1 aliphatic rings. The number of hydrogen-bond donors (Lipinski definition) is 2. The van der Waals surface area contributed by atoms with Crippen LogP contribution in [0, 0.1) is 0 Å². The van der Waals surface area contributed by atoms with Crippen LogP contribution in [0.4, 0.5) is 0 Å². The highest BCUT2D eigenvalue weighted by molar-refractivity contribution is 7.87. The van der Waals surface area contributed by atoms with Crippen molar-refractivity contribution in [2.75, 3.05) is 32.9 Å². The third kappa shape index (κ3) is 3.69. The second-order valence-electron chi connectivity index (χ2n) is 3.42. The maximum atomic E-state index is 11.8. The fourth-order valence-electron chi connectivity index (χ4n) is 1.32. The number of nitrogens with one attached hydrogen (secondary N) is 1. The van der Waals surface area contributed by atoms with Gasteiger partial charge in [0.2, 0.25) is 0 Å². The van der Waals surface area contributed by atoms with Gasteiger partial charge < -0.3 is 9.84 Å². The van der Waals surface area contributed by atoms with Crippen LogP contribution in [0.25, 0.3) is 0 Å². The van der Waals surface area contributed by atoms with Gasteiger partial charge in [0.05, 0.1) is 19.8 Å². The summed E-state index contributed by atoms with van der Waals surface area (Å²) in [4.78, 5) is 0. The molecule has 1 unspecified atom stereocenters. The molecule has 0 bridgehead atoms. The second kappa shape index (κ2) is 5.76. The van der Waals surface area contributed by atoms with Gasteiger partial charge in [0.15, 0.2) is 0 Å². The molecule has 0 aromatic rings. The lowest BCUT2D eigenvalue weighted by Crippen LogP contribution is -2.50. The molecule has 1 atom stereocenters. The molecule has 90 valence electrons. The first-order valence-electron chi connectivity index (χ1n) is 5.06. The Hall–Kier alpha value is -0.210. The van der Waals surface area contributed by atoms with Crippen molar-refractivity contribution in [3.63, 3.8) is 0 Å². The van der Waals surface area contributed by atoms with Crippen LogP contribution < -0.4 is 4.72 Å². The first-order chi connectivity index (χ1) is 7.10. The predicted octanol–water partition coefficient (Wildman–Crippen LogP) is -1.08. The van der Waals surface area contributed by atoms with E-state index in [9.17, 15) is 8.42 Å². The zero-order chi connectivity index (χ0) is 11.3. The minimum absolute atomic E-state index is 0.180. The quantitative estimate of drug-likeness (QED) is 0.639. The Bertz CT molecular complexity index is 270.